The van der Waals surface area contributed by atoms with E-state index in [0.29, 0.717) is 22.7 Å². The lowest BCUT2D eigenvalue weighted by Crippen LogP contribution is -2.08. The first kappa shape index (κ1) is 13.4. The van der Waals surface area contributed by atoms with E-state index < -0.39 is 0 Å². The number of benzene rings is 1. The van der Waals surface area contributed by atoms with Crippen molar-refractivity contribution in [1.82, 2.24) is 0 Å². The van der Waals surface area contributed by atoms with Crippen LogP contribution in [0.15, 0.2) is 12.1 Å². The Kier molecular flexibility index (Phi) is 5.19. The fraction of sp³-hybridized carbons (Fsp3) is 0.500. The molecule has 0 bridgehead atoms. The lowest BCUT2D eigenvalue weighted by Gasteiger charge is -2.14. The van der Waals surface area contributed by atoms with Gasteiger partial charge in [0.1, 0.15) is 5.82 Å². The van der Waals surface area contributed by atoms with E-state index in [9.17, 15) is 4.39 Å². The van der Waals surface area contributed by atoms with Gasteiger partial charge >= 0.3 is 0 Å². The van der Waals surface area contributed by atoms with Gasteiger partial charge in [-0.3, -0.25) is 0 Å². The summed E-state index contributed by atoms with van der Waals surface area (Å²) in [6, 6.07) is 3.26. The maximum atomic E-state index is 14.0. The quantitative estimate of drug-likeness (QED) is 0.865. The van der Waals surface area contributed by atoms with E-state index in [0.717, 1.165) is 6.42 Å². The third-order valence-corrected chi connectivity index (χ3v) is 2.79. The largest absolute Gasteiger partial charge is 0.380 e. The Balaban J connectivity index is 3.07. The maximum Gasteiger partial charge on any atom is 0.132 e. The van der Waals surface area contributed by atoms with Crippen LogP contribution in [0.25, 0.3) is 0 Å². The minimum absolute atomic E-state index is 0.0688. The van der Waals surface area contributed by atoms with Crippen molar-refractivity contribution in [2.45, 2.75) is 25.9 Å². The van der Waals surface area contributed by atoms with Gasteiger partial charge in [0, 0.05) is 17.7 Å². The van der Waals surface area contributed by atoms with Crippen molar-refractivity contribution < 1.29 is 9.13 Å². The molecule has 0 aromatic heterocycles. The van der Waals surface area contributed by atoms with Crippen molar-refractivity contribution >= 4 is 11.6 Å². The monoisotopic (exact) mass is 245 g/mol. The standard InChI is InChI=1S/C12H17ClFNO/c1-8(3-4-15)11-6-10(13)5-9(7-16-2)12(11)14/h5-6,8H,3-4,7,15H2,1-2H3. The molecule has 1 aromatic carbocycles. The van der Waals surface area contributed by atoms with Crippen LogP contribution in [-0.2, 0) is 11.3 Å². The molecular formula is C12H17ClFNO. The van der Waals surface area contributed by atoms with Gasteiger partial charge in [-0.2, -0.15) is 0 Å². The Bertz CT molecular complexity index is 357. The molecule has 90 valence electrons. The highest BCUT2D eigenvalue weighted by Gasteiger charge is 2.15. The molecule has 1 rings (SSSR count). The van der Waals surface area contributed by atoms with Gasteiger partial charge in [-0.1, -0.05) is 18.5 Å². The van der Waals surface area contributed by atoms with E-state index in [2.05, 4.69) is 0 Å². The van der Waals surface area contributed by atoms with Crippen molar-refractivity contribution in [1.29, 1.82) is 0 Å². The van der Waals surface area contributed by atoms with Gasteiger partial charge in [0.15, 0.2) is 0 Å². The first-order chi connectivity index (χ1) is 7.60. The topological polar surface area (TPSA) is 35.2 Å². The van der Waals surface area contributed by atoms with Crippen LogP contribution in [-0.4, -0.2) is 13.7 Å². The van der Waals surface area contributed by atoms with Crippen molar-refractivity contribution in [3.63, 3.8) is 0 Å². The molecule has 2 N–H and O–H groups in total. The maximum absolute atomic E-state index is 14.0. The molecular weight excluding hydrogens is 229 g/mol. The van der Waals surface area contributed by atoms with E-state index >= 15 is 0 Å². The molecule has 0 spiro atoms. The number of hydrogen-bond acceptors (Lipinski definition) is 2. The van der Waals surface area contributed by atoms with Crippen molar-refractivity contribution in [3.8, 4) is 0 Å². The Morgan fingerprint density at radius 3 is 2.75 bits per heavy atom. The van der Waals surface area contributed by atoms with Crippen LogP contribution < -0.4 is 5.73 Å². The number of methoxy groups -OCH3 is 1. The molecule has 0 fully saturated rings. The number of ether oxygens (including phenoxy) is 1. The van der Waals surface area contributed by atoms with Gasteiger partial charge in [-0.25, -0.2) is 4.39 Å². The van der Waals surface area contributed by atoms with Crippen LogP contribution in [0.1, 0.15) is 30.4 Å². The zero-order valence-corrected chi connectivity index (χ0v) is 10.4. The predicted molar refractivity (Wildman–Crippen MR) is 64.2 cm³/mol. The Hall–Kier alpha value is -0.640. The molecule has 0 amide bonds. The molecule has 4 heteroatoms. The average Bonchev–Trinajstić information content (AvgIpc) is 2.23. The first-order valence-corrected chi connectivity index (χ1v) is 5.64. The minimum atomic E-state index is -0.229. The molecule has 1 unspecified atom stereocenters. The summed E-state index contributed by atoms with van der Waals surface area (Å²) in [5, 5.41) is 0.535. The summed E-state index contributed by atoms with van der Waals surface area (Å²) < 4.78 is 19.0. The lowest BCUT2D eigenvalue weighted by atomic mass is 9.95. The highest BCUT2D eigenvalue weighted by molar-refractivity contribution is 6.30. The number of nitrogens with two attached hydrogens (primary N) is 1. The van der Waals surface area contributed by atoms with E-state index in [1.54, 1.807) is 12.1 Å². The molecule has 1 atom stereocenters. The van der Waals surface area contributed by atoms with Gasteiger partial charge in [0.25, 0.3) is 0 Å². The van der Waals surface area contributed by atoms with Crippen molar-refractivity contribution in [2.75, 3.05) is 13.7 Å². The minimum Gasteiger partial charge on any atom is -0.380 e. The smallest absolute Gasteiger partial charge is 0.132 e. The highest BCUT2D eigenvalue weighted by Crippen LogP contribution is 2.28. The molecule has 0 aliphatic heterocycles. The van der Waals surface area contributed by atoms with Gasteiger partial charge < -0.3 is 10.5 Å². The van der Waals surface area contributed by atoms with Gasteiger partial charge in [-0.05, 0) is 36.6 Å². The summed E-state index contributed by atoms with van der Waals surface area (Å²) in [5.74, 6) is -0.161. The van der Waals surface area contributed by atoms with Crippen LogP contribution >= 0.6 is 11.6 Å². The molecule has 16 heavy (non-hydrogen) atoms. The van der Waals surface area contributed by atoms with E-state index in [1.165, 1.54) is 7.11 Å². The van der Waals surface area contributed by atoms with Gasteiger partial charge in [0.2, 0.25) is 0 Å². The summed E-state index contributed by atoms with van der Waals surface area (Å²) in [4.78, 5) is 0. The normalized spacial score (nSPS) is 12.8. The fourth-order valence-electron chi connectivity index (χ4n) is 1.69. The van der Waals surface area contributed by atoms with Crippen LogP contribution in [0, 0.1) is 5.82 Å². The molecule has 0 aliphatic rings. The Labute approximate surface area is 101 Å². The van der Waals surface area contributed by atoms with Crippen LogP contribution in [0.4, 0.5) is 4.39 Å². The summed E-state index contributed by atoms with van der Waals surface area (Å²) >= 11 is 5.95. The second kappa shape index (κ2) is 6.18. The zero-order valence-electron chi connectivity index (χ0n) is 9.59. The second-order valence-corrected chi connectivity index (χ2v) is 4.32. The van der Waals surface area contributed by atoms with E-state index in [1.807, 2.05) is 6.92 Å². The molecule has 2 nitrogen and oxygen atoms in total. The van der Waals surface area contributed by atoms with E-state index in [-0.39, 0.29) is 18.3 Å². The van der Waals surface area contributed by atoms with E-state index in [4.69, 9.17) is 22.1 Å². The first-order valence-electron chi connectivity index (χ1n) is 5.27. The number of halogens is 2. The number of rotatable bonds is 5. The highest BCUT2D eigenvalue weighted by atomic mass is 35.5. The molecule has 0 saturated carbocycles. The van der Waals surface area contributed by atoms with Crippen LogP contribution in [0.2, 0.25) is 5.02 Å². The Morgan fingerprint density at radius 1 is 1.50 bits per heavy atom. The predicted octanol–water partition coefficient (Wildman–Crippen LogP) is 3.08. The zero-order chi connectivity index (χ0) is 12.1. The summed E-state index contributed by atoms with van der Waals surface area (Å²) in [6.07, 6.45) is 0.740. The summed E-state index contributed by atoms with van der Waals surface area (Å²) in [7, 11) is 1.53. The average molecular weight is 246 g/mol. The summed E-state index contributed by atoms with van der Waals surface area (Å²) in [5.41, 5.74) is 6.58. The third kappa shape index (κ3) is 3.17. The van der Waals surface area contributed by atoms with Crippen molar-refractivity contribution in [3.05, 3.63) is 34.1 Å². The fourth-order valence-corrected chi connectivity index (χ4v) is 1.94. The van der Waals surface area contributed by atoms with Crippen molar-refractivity contribution in [2.24, 2.45) is 5.73 Å². The van der Waals surface area contributed by atoms with Crippen LogP contribution in [0.3, 0.4) is 0 Å². The van der Waals surface area contributed by atoms with Crippen LogP contribution in [0.5, 0.6) is 0 Å². The van der Waals surface area contributed by atoms with Gasteiger partial charge in [0.05, 0.1) is 6.61 Å². The molecule has 0 saturated heterocycles. The summed E-state index contributed by atoms with van der Waals surface area (Å²) in [6.45, 7) is 2.71. The lowest BCUT2D eigenvalue weighted by molar-refractivity contribution is 0.181. The number of hydrogen-bond donors (Lipinski definition) is 1. The Morgan fingerprint density at radius 2 is 2.19 bits per heavy atom. The molecule has 0 heterocycles. The third-order valence-electron chi connectivity index (χ3n) is 2.57. The molecule has 1 aromatic rings. The molecule has 0 aliphatic carbocycles. The molecule has 0 radical (unpaired) electrons. The SMILES string of the molecule is COCc1cc(Cl)cc(C(C)CCN)c1F. The second-order valence-electron chi connectivity index (χ2n) is 3.88. The van der Waals surface area contributed by atoms with Gasteiger partial charge in [-0.15, -0.1) is 0 Å².